The molecule has 0 atom stereocenters. The Morgan fingerprint density at radius 3 is 2.62 bits per heavy atom. The summed E-state index contributed by atoms with van der Waals surface area (Å²) in [7, 11) is 3.92. The molecule has 0 aliphatic carbocycles. The molecule has 0 radical (unpaired) electrons. The zero-order chi connectivity index (χ0) is 18.7. The number of thioether (sulfide) groups is 1. The number of amides is 1. The van der Waals surface area contributed by atoms with E-state index >= 15 is 0 Å². The lowest BCUT2D eigenvalue weighted by Gasteiger charge is -2.11. The summed E-state index contributed by atoms with van der Waals surface area (Å²) in [5.41, 5.74) is 2.60. The Hall–Kier alpha value is -2.49. The predicted octanol–water partition coefficient (Wildman–Crippen LogP) is 3.87. The summed E-state index contributed by atoms with van der Waals surface area (Å²) in [6.07, 6.45) is 7.56. The van der Waals surface area contributed by atoms with Gasteiger partial charge in [0.25, 0.3) is 5.91 Å². The molecule has 0 N–H and O–H groups in total. The third kappa shape index (κ3) is 3.69. The van der Waals surface area contributed by atoms with Crippen LogP contribution in [-0.4, -0.2) is 30.8 Å². The maximum atomic E-state index is 12.6. The molecule has 0 unspecified atom stereocenters. The van der Waals surface area contributed by atoms with Crippen LogP contribution in [0.4, 0.5) is 5.69 Å². The van der Waals surface area contributed by atoms with Crippen molar-refractivity contribution < 1.29 is 4.79 Å². The third-order valence-electron chi connectivity index (χ3n) is 3.97. The normalized spacial score (nSPS) is 11.5. The number of hydrogen-bond acceptors (Lipinski definition) is 4. The van der Waals surface area contributed by atoms with Crippen LogP contribution in [0.5, 0.6) is 0 Å². The topological polar surface area (TPSA) is 37.6 Å². The van der Waals surface area contributed by atoms with Gasteiger partial charge in [0.2, 0.25) is 0 Å². The summed E-state index contributed by atoms with van der Waals surface area (Å²) >= 11 is 3.16. The van der Waals surface area contributed by atoms with Crippen LogP contribution < -0.4 is 9.70 Å². The molecule has 0 fully saturated rings. The molecular formula is C20H19N3OS2. The van der Waals surface area contributed by atoms with Crippen molar-refractivity contribution in [3.05, 3.63) is 52.8 Å². The molecule has 0 aliphatic rings. The SMILES string of the molecule is C#CCn1c(=NC(=O)c2ccc(N(C)C)cc2)sc2cc(SC)ccc21. The highest BCUT2D eigenvalue weighted by molar-refractivity contribution is 7.98. The van der Waals surface area contributed by atoms with E-state index in [1.807, 2.05) is 48.0 Å². The average molecular weight is 382 g/mol. The molecule has 4 nitrogen and oxygen atoms in total. The van der Waals surface area contributed by atoms with Crippen LogP contribution in [0.15, 0.2) is 52.4 Å². The van der Waals surface area contributed by atoms with Crippen molar-refractivity contribution in [3.63, 3.8) is 0 Å². The van der Waals surface area contributed by atoms with E-state index in [-0.39, 0.29) is 5.91 Å². The molecule has 1 aromatic heterocycles. The number of carbonyl (C=O) groups is 1. The second kappa shape index (κ2) is 7.81. The Bertz CT molecular complexity index is 1050. The number of carbonyl (C=O) groups excluding carboxylic acids is 1. The van der Waals surface area contributed by atoms with Crippen LogP contribution in [0.3, 0.4) is 0 Å². The van der Waals surface area contributed by atoms with E-state index < -0.39 is 0 Å². The zero-order valence-electron chi connectivity index (χ0n) is 14.9. The smallest absolute Gasteiger partial charge is 0.279 e. The van der Waals surface area contributed by atoms with Crippen LogP contribution in [0.25, 0.3) is 10.2 Å². The number of benzene rings is 2. The van der Waals surface area contributed by atoms with Gasteiger partial charge in [-0.05, 0) is 48.7 Å². The van der Waals surface area contributed by atoms with Gasteiger partial charge in [-0.1, -0.05) is 17.3 Å². The Labute approximate surface area is 161 Å². The molecule has 3 aromatic rings. The van der Waals surface area contributed by atoms with Crippen LogP contribution in [-0.2, 0) is 6.54 Å². The number of aromatic nitrogens is 1. The van der Waals surface area contributed by atoms with Gasteiger partial charge in [0.15, 0.2) is 4.80 Å². The van der Waals surface area contributed by atoms with E-state index in [0.29, 0.717) is 16.9 Å². The second-order valence-electron chi connectivity index (χ2n) is 5.87. The molecule has 0 saturated carbocycles. The molecule has 0 bridgehead atoms. The van der Waals surface area contributed by atoms with Crippen molar-refractivity contribution in [3.8, 4) is 12.3 Å². The molecule has 26 heavy (non-hydrogen) atoms. The summed E-state index contributed by atoms with van der Waals surface area (Å²) in [5.74, 6) is 2.39. The minimum absolute atomic E-state index is 0.266. The van der Waals surface area contributed by atoms with Crippen molar-refractivity contribution in [2.24, 2.45) is 4.99 Å². The molecule has 6 heteroatoms. The van der Waals surface area contributed by atoms with Gasteiger partial charge in [-0.3, -0.25) is 4.79 Å². The Morgan fingerprint density at radius 2 is 2.00 bits per heavy atom. The van der Waals surface area contributed by atoms with Gasteiger partial charge in [-0.2, -0.15) is 4.99 Å². The first-order valence-corrected chi connectivity index (χ1v) is 10.0. The number of fused-ring (bicyclic) bond motifs is 1. The highest BCUT2D eigenvalue weighted by Crippen LogP contribution is 2.24. The largest absolute Gasteiger partial charge is 0.378 e. The molecule has 0 saturated heterocycles. The minimum Gasteiger partial charge on any atom is -0.378 e. The maximum absolute atomic E-state index is 12.6. The van der Waals surface area contributed by atoms with Gasteiger partial charge in [-0.25, -0.2) is 0 Å². The molecular weight excluding hydrogens is 362 g/mol. The maximum Gasteiger partial charge on any atom is 0.279 e. The molecule has 3 rings (SSSR count). The van der Waals surface area contributed by atoms with Gasteiger partial charge >= 0.3 is 0 Å². The number of rotatable bonds is 4. The molecule has 2 aromatic carbocycles. The monoisotopic (exact) mass is 381 g/mol. The van der Waals surface area contributed by atoms with E-state index in [1.165, 1.54) is 16.2 Å². The average Bonchev–Trinajstić information content (AvgIpc) is 2.98. The van der Waals surface area contributed by atoms with E-state index in [2.05, 4.69) is 23.0 Å². The Morgan fingerprint density at radius 1 is 1.27 bits per heavy atom. The second-order valence-corrected chi connectivity index (χ2v) is 7.76. The molecule has 1 amide bonds. The summed E-state index contributed by atoms with van der Waals surface area (Å²) in [5, 5.41) is 0. The fourth-order valence-corrected chi connectivity index (χ4v) is 4.14. The highest BCUT2D eigenvalue weighted by atomic mass is 32.2. The van der Waals surface area contributed by atoms with Crippen molar-refractivity contribution in [2.45, 2.75) is 11.4 Å². The first-order valence-electron chi connectivity index (χ1n) is 8.01. The van der Waals surface area contributed by atoms with Crippen LogP contribution in [0.1, 0.15) is 10.4 Å². The quantitative estimate of drug-likeness (QED) is 0.509. The fourth-order valence-electron chi connectivity index (χ4n) is 2.56. The Balaban J connectivity index is 2.06. The lowest BCUT2D eigenvalue weighted by molar-refractivity contribution is 0.0998. The van der Waals surface area contributed by atoms with Crippen molar-refractivity contribution >= 4 is 44.9 Å². The number of anilines is 1. The lowest BCUT2D eigenvalue weighted by atomic mass is 10.2. The van der Waals surface area contributed by atoms with Crippen molar-refractivity contribution in [1.82, 2.24) is 4.57 Å². The number of thiazole rings is 1. The number of hydrogen-bond donors (Lipinski definition) is 0. The predicted molar refractivity (Wildman–Crippen MR) is 111 cm³/mol. The lowest BCUT2D eigenvalue weighted by Crippen LogP contribution is -2.16. The van der Waals surface area contributed by atoms with Gasteiger partial charge in [0.1, 0.15) is 0 Å². The van der Waals surface area contributed by atoms with Gasteiger partial charge in [0, 0.05) is 30.2 Å². The summed E-state index contributed by atoms with van der Waals surface area (Å²) in [6, 6.07) is 13.6. The summed E-state index contributed by atoms with van der Waals surface area (Å²) < 4.78 is 2.98. The van der Waals surface area contributed by atoms with Crippen molar-refractivity contribution in [1.29, 1.82) is 0 Å². The van der Waals surface area contributed by atoms with E-state index in [4.69, 9.17) is 6.42 Å². The van der Waals surface area contributed by atoms with Gasteiger partial charge < -0.3 is 9.47 Å². The van der Waals surface area contributed by atoms with Gasteiger partial charge in [0.05, 0.1) is 16.8 Å². The summed E-state index contributed by atoms with van der Waals surface area (Å²) in [4.78, 5) is 20.7. The zero-order valence-corrected chi connectivity index (χ0v) is 16.5. The molecule has 0 aliphatic heterocycles. The van der Waals surface area contributed by atoms with E-state index in [1.54, 1.807) is 23.9 Å². The first kappa shape index (κ1) is 18.3. The summed E-state index contributed by atoms with van der Waals surface area (Å²) in [6.45, 7) is 0.379. The van der Waals surface area contributed by atoms with Crippen LogP contribution in [0, 0.1) is 12.3 Å². The molecule has 132 valence electrons. The fraction of sp³-hybridized carbons (Fsp3) is 0.200. The van der Waals surface area contributed by atoms with Crippen LogP contribution in [0.2, 0.25) is 0 Å². The van der Waals surface area contributed by atoms with Crippen LogP contribution >= 0.6 is 23.1 Å². The van der Waals surface area contributed by atoms with E-state index in [0.717, 1.165) is 15.9 Å². The van der Waals surface area contributed by atoms with Crippen molar-refractivity contribution in [2.75, 3.05) is 25.3 Å². The van der Waals surface area contributed by atoms with E-state index in [9.17, 15) is 4.79 Å². The minimum atomic E-state index is -0.266. The van der Waals surface area contributed by atoms with Gasteiger partial charge in [-0.15, -0.1) is 18.2 Å². The highest BCUT2D eigenvalue weighted by Gasteiger charge is 2.10. The Kier molecular flexibility index (Phi) is 5.50. The third-order valence-corrected chi connectivity index (χ3v) is 5.73. The first-order chi connectivity index (χ1) is 12.5. The molecule has 1 heterocycles. The number of nitrogens with zero attached hydrogens (tertiary/aromatic N) is 3. The standard InChI is InChI=1S/C20H19N3OS2/c1-5-12-23-17-11-10-16(25-4)13-18(17)26-20(23)21-19(24)14-6-8-15(9-7-14)22(2)3/h1,6-11,13H,12H2,2-4H3. The number of terminal acetylenes is 1. The molecule has 0 spiro atoms.